The van der Waals surface area contributed by atoms with Gasteiger partial charge in [-0.15, -0.1) is 0 Å². The smallest absolute Gasteiger partial charge is 0.410 e. The fourth-order valence-electron chi connectivity index (χ4n) is 3.29. The molecule has 2 fully saturated rings. The molecule has 2 amide bonds. The third kappa shape index (κ3) is 4.09. The molecular weight excluding hydrogens is 366 g/mol. The number of piperidine rings is 1. The average molecular weight is 391 g/mol. The predicted octanol–water partition coefficient (Wildman–Crippen LogP) is -0.270. The molecule has 10 nitrogen and oxygen atoms in total. The summed E-state index contributed by atoms with van der Waals surface area (Å²) in [6.45, 7) is 5.11. The SMILES string of the molecule is CC(C)(C)OC(=O)N1CCC(C(=O)O)(N2CC(S(N)(=O)=O)CC2=O)CC1. The lowest BCUT2D eigenvalue weighted by atomic mass is 9.86. The van der Waals surface area contributed by atoms with Crippen LogP contribution in [-0.2, 0) is 24.3 Å². The van der Waals surface area contributed by atoms with Crippen molar-refractivity contribution in [1.82, 2.24) is 9.80 Å². The maximum atomic E-state index is 12.3. The molecule has 2 rings (SSSR count). The van der Waals surface area contributed by atoms with E-state index in [2.05, 4.69) is 0 Å². The quantitative estimate of drug-likeness (QED) is 0.673. The van der Waals surface area contributed by atoms with Crippen molar-refractivity contribution in [3.8, 4) is 0 Å². The van der Waals surface area contributed by atoms with Gasteiger partial charge in [-0.3, -0.25) is 4.79 Å². The van der Waals surface area contributed by atoms with Crippen LogP contribution in [0.5, 0.6) is 0 Å². The Bertz CT molecular complexity index is 705. The number of carboxylic acids is 1. The first kappa shape index (κ1) is 20.4. The van der Waals surface area contributed by atoms with Crippen molar-refractivity contribution in [1.29, 1.82) is 0 Å². The lowest BCUT2D eigenvalue weighted by Gasteiger charge is -2.44. The molecule has 11 heteroatoms. The third-order valence-electron chi connectivity index (χ3n) is 4.71. The largest absolute Gasteiger partial charge is 0.479 e. The molecule has 2 saturated heterocycles. The van der Waals surface area contributed by atoms with Crippen molar-refractivity contribution in [2.75, 3.05) is 19.6 Å². The number of hydrogen-bond donors (Lipinski definition) is 2. The van der Waals surface area contributed by atoms with Gasteiger partial charge in [0.05, 0.1) is 0 Å². The summed E-state index contributed by atoms with van der Waals surface area (Å²) in [6.07, 6.45) is -0.898. The number of rotatable bonds is 3. The number of ether oxygens (including phenoxy) is 1. The Morgan fingerprint density at radius 3 is 2.19 bits per heavy atom. The van der Waals surface area contributed by atoms with Crippen LogP contribution in [0.4, 0.5) is 4.79 Å². The lowest BCUT2D eigenvalue weighted by molar-refractivity contribution is -0.160. The Morgan fingerprint density at radius 2 is 1.81 bits per heavy atom. The van der Waals surface area contributed by atoms with E-state index >= 15 is 0 Å². The normalized spacial score (nSPS) is 23.8. The molecular formula is C15H25N3O7S. The Balaban J connectivity index is 2.15. The summed E-state index contributed by atoms with van der Waals surface area (Å²) in [7, 11) is -3.94. The van der Waals surface area contributed by atoms with Crippen molar-refractivity contribution >= 4 is 28.0 Å². The fourth-order valence-corrected chi connectivity index (χ4v) is 4.03. The van der Waals surface area contributed by atoms with Crippen LogP contribution in [-0.4, -0.2) is 77.3 Å². The minimum Gasteiger partial charge on any atom is -0.479 e. The molecule has 0 bridgehead atoms. The number of primary sulfonamides is 1. The first-order valence-electron chi connectivity index (χ1n) is 8.30. The minimum absolute atomic E-state index is 0.00927. The number of nitrogens with zero attached hydrogens (tertiary/aromatic N) is 2. The summed E-state index contributed by atoms with van der Waals surface area (Å²) < 4.78 is 28.4. The molecule has 26 heavy (non-hydrogen) atoms. The zero-order chi connectivity index (χ0) is 19.9. The zero-order valence-corrected chi connectivity index (χ0v) is 15.9. The van der Waals surface area contributed by atoms with Gasteiger partial charge in [0.25, 0.3) is 0 Å². The van der Waals surface area contributed by atoms with Gasteiger partial charge in [-0.1, -0.05) is 0 Å². The number of carbonyl (C=O) groups is 3. The monoisotopic (exact) mass is 391 g/mol. The first-order chi connectivity index (χ1) is 11.8. The maximum absolute atomic E-state index is 12.3. The van der Waals surface area contributed by atoms with Crippen molar-refractivity contribution in [2.24, 2.45) is 5.14 Å². The van der Waals surface area contributed by atoms with E-state index in [0.29, 0.717) is 0 Å². The number of aliphatic carboxylic acids is 1. The molecule has 148 valence electrons. The van der Waals surface area contributed by atoms with E-state index < -0.39 is 44.4 Å². The number of likely N-dealkylation sites (tertiary alicyclic amines) is 2. The van der Waals surface area contributed by atoms with E-state index in [0.717, 1.165) is 4.90 Å². The molecule has 0 saturated carbocycles. The van der Waals surface area contributed by atoms with Gasteiger partial charge in [0, 0.05) is 26.1 Å². The molecule has 2 aliphatic rings. The van der Waals surface area contributed by atoms with Crippen LogP contribution in [0.15, 0.2) is 0 Å². The molecule has 0 aromatic carbocycles. The van der Waals surface area contributed by atoms with Crippen LogP contribution >= 0.6 is 0 Å². The second-order valence-electron chi connectivity index (χ2n) is 7.72. The molecule has 2 heterocycles. The Hall–Kier alpha value is -1.88. The van der Waals surface area contributed by atoms with Crippen molar-refractivity contribution < 1.29 is 32.6 Å². The highest BCUT2D eigenvalue weighted by molar-refractivity contribution is 7.89. The van der Waals surface area contributed by atoms with Gasteiger partial charge in [0.1, 0.15) is 16.4 Å². The Morgan fingerprint density at radius 1 is 1.27 bits per heavy atom. The van der Waals surface area contributed by atoms with Gasteiger partial charge in [-0.25, -0.2) is 23.1 Å². The molecule has 1 unspecified atom stereocenters. The minimum atomic E-state index is -3.94. The summed E-state index contributed by atoms with van der Waals surface area (Å²) in [5, 5.41) is 13.8. The zero-order valence-electron chi connectivity index (χ0n) is 15.1. The second-order valence-corrected chi connectivity index (χ2v) is 9.57. The molecule has 2 aliphatic heterocycles. The van der Waals surface area contributed by atoms with E-state index in [1.807, 2.05) is 0 Å². The predicted molar refractivity (Wildman–Crippen MR) is 90.6 cm³/mol. The van der Waals surface area contributed by atoms with E-state index in [-0.39, 0.29) is 38.9 Å². The topological polar surface area (TPSA) is 147 Å². The van der Waals surface area contributed by atoms with Crippen LogP contribution in [0.1, 0.15) is 40.0 Å². The molecule has 0 radical (unpaired) electrons. The van der Waals surface area contributed by atoms with Crippen molar-refractivity contribution in [3.05, 3.63) is 0 Å². The fraction of sp³-hybridized carbons (Fsp3) is 0.800. The van der Waals surface area contributed by atoms with Crippen LogP contribution in [0.25, 0.3) is 0 Å². The Labute approximate surface area is 152 Å². The summed E-state index contributed by atoms with van der Waals surface area (Å²) in [5.74, 6) is -1.78. The molecule has 1 atom stereocenters. The van der Waals surface area contributed by atoms with Gasteiger partial charge in [0.2, 0.25) is 15.9 Å². The van der Waals surface area contributed by atoms with Gasteiger partial charge in [0.15, 0.2) is 0 Å². The van der Waals surface area contributed by atoms with Gasteiger partial charge >= 0.3 is 12.1 Å². The van der Waals surface area contributed by atoms with Crippen LogP contribution in [0, 0.1) is 0 Å². The highest BCUT2D eigenvalue weighted by Gasteiger charge is 2.53. The molecule has 0 aromatic rings. The lowest BCUT2D eigenvalue weighted by Crippen LogP contribution is -2.61. The van der Waals surface area contributed by atoms with Gasteiger partial charge in [-0.2, -0.15) is 0 Å². The van der Waals surface area contributed by atoms with Crippen molar-refractivity contribution in [3.63, 3.8) is 0 Å². The molecule has 0 aromatic heterocycles. The summed E-state index contributed by atoms with van der Waals surface area (Å²) in [6, 6.07) is 0. The van der Waals surface area contributed by atoms with Gasteiger partial charge < -0.3 is 19.6 Å². The van der Waals surface area contributed by atoms with E-state index in [4.69, 9.17) is 9.88 Å². The number of sulfonamides is 1. The molecule has 0 spiro atoms. The van der Waals surface area contributed by atoms with Gasteiger partial charge in [-0.05, 0) is 33.6 Å². The second kappa shape index (κ2) is 6.69. The average Bonchev–Trinajstić information content (AvgIpc) is 2.88. The summed E-state index contributed by atoms with van der Waals surface area (Å²) in [4.78, 5) is 38.9. The highest BCUT2D eigenvalue weighted by atomic mass is 32.2. The number of carboxylic acid groups (broad SMARTS) is 1. The van der Waals surface area contributed by atoms with Crippen molar-refractivity contribution in [2.45, 2.75) is 56.4 Å². The van der Waals surface area contributed by atoms with E-state index in [9.17, 15) is 27.9 Å². The number of carbonyl (C=O) groups excluding carboxylic acids is 2. The van der Waals surface area contributed by atoms with E-state index in [1.165, 1.54) is 4.90 Å². The summed E-state index contributed by atoms with van der Waals surface area (Å²) >= 11 is 0. The molecule has 3 N–H and O–H groups in total. The number of nitrogens with two attached hydrogens (primary N) is 1. The third-order valence-corrected chi connectivity index (χ3v) is 5.96. The van der Waals surface area contributed by atoms with E-state index in [1.54, 1.807) is 20.8 Å². The number of amides is 2. The first-order valence-corrected chi connectivity index (χ1v) is 9.91. The molecule has 0 aliphatic carbocycles. The summed E-state index contributed by atoms with van der Waals surface area (Å²) in [5.41, 5.74) is -2.22. The highest BCUT2D eigenvalue weighted by Crippen LogP contribution is 2.34. The van der Waals surface area contributed by atoms with Crippen LogP contribution in [0.3, 0.4) is 0 Å². The standard InChI is InChI=1S/C15H25N3O7S/c1-14(2,3)25-13(22)17-6-4-15(5-7-17,12(20)21)18-9-10(8-11(18)19)26(16,23)24/h10H,4-9H2,1-3H3,(H,20,21)(H2,16,23,24). The van der Waals surface area contributed by atoms with Crippen LogP contribution < -0.4 is 5.14 Å². The Kier molecular flexibility index (Phi) is 5.26. The number of hydrogen-bond acceptors (Lipinski definition) is 6. The maximum Gasteiger partial charge on any atom is 0.410 e. The van der Waals surface area contributed by atoms with Crippen LogP contribution in [0.2, 0.25) is 0 Å².